The van der Waals surface area contributed by atoms with Gasteiger partial charge in [0.25, 0.3) is 0 Å². The summed E-state index contributed by atoms with van der Waals surface area (Å²) in [6, 6.07) is 24.9. The van der Waals surface area contributed by atoms with Gasteiger partial charge >= 0.3 is 7.60 Å². The Morgan fingerprint density at radius 3 is 2.18 bits per heavy atom. The fraction of sp³-hybridized carbons (Fsp3) is 0.429. The van der Waals surface area contributed by atoms with Crippen LogP contribution in [-0.2, 0) is 20.0 Å². The molecule has 0 amide bonds. The van der Waals surface area contributed by atoms with E-state index in [-0.39, 0.29) is 5.66 Å². The summed E-state index contributed by atoms with van der Waals surface area (Å²) in [6.45, 7) is 5.24. The molecule has 4 nitrogen and oxygen atoms in total. The van der Waals surface area contributed by atoms with Gasteiger partial charge in [-0.3, -0.25) is 4.57 Å². The van der Waals surface area contributed by atoms with Crippen LogP contribution in [0.25, 0.3) is 10.8 Å². The molecule has 5 heteroatoms. The molecule has 3 aromatic carbocycles. The number of rotatable bonds is 15. The molecule has 178 valence electrons. The zero-order valence-electron chi connectivity index (χ0n) is 19.9. The number of hydrogen-bond donors (Lipinski definition) is 0. The lowest BCUT2D eigenvalue weighted by Gasteiger charge is -2.26. The zero-order chi connectivity index (χ0) is 23.4. The van der Waals surface area contributed by atoms with Crippen LogP contribution in [0.15, 0.2) is 72.8 Å². The maximum absolute atomic E-state index is 13.5. The Labute approximate surface area is 198 Å². The number of hydrogen-bond acceptors (Lipinski definition) is 4. The highest BCUT2D eigenvalue weighted by Crippen LogP contribution is 2.56. The van der Waals surface area contributed by atoms with E-state index < -0.39 is 7.60 Å². The van der Waals surface area contributed by atoms with Gasteiger partial charge in [0, 0.05) is 0 Å². The molecule has 0 spiro atoms. The van der Waals surface area contributed by atoms with Crippen molar-refractivity contribution in [2.75, 3.05) is 19.8 Å². The van der Waals surface area contributed by atoms with E-state index in [1.807, 2.05) is 50.2 Å². The molecule has 0 saturated heterocycles. The molecule has 0 aliphatic carbocycles. The monoisotopic (exact) mass is 468 g/mol. The maximum Gasteiger partial charge on any atom is 0.333 e. The lowest BCUT2D eigenvalue weighted by Crippen LogP contribution is -2.15. The van der Waals surface area contributed by atoms with Crippen LogP contribution in [0.3, 0.4) is 0 Å². The van der Waals surface area contributed by atoms with Gasteiger partial charge in [0.1, 0.15) is 5.75 Å². The van der Waals surface area contributed by atoms with Crippen molar-refractivity contribution < 1.29 is 18.3 Å². The van der Waals surface area contributed by atoms with Gasteiger partial charge in [0.05, 0.1) is 25.5 Å². The first kappa shape index (κ1) is 25.5. The Hall–Kier alpha value is -2.13. The van der Waals surface area contributed by atoms with Crippen LogP contribution in [0, 0.1) is 0 Å². The summed E-state index contributed by atoms with van der Waals surface area (Å²) >= 11 is 0. The Morgan fingerprint density at radius 1 is 0.758 bits per heavy atom. The Kier molecular flexibility index (Phi) is 10.5. The normalized spacial score (nSPS) is 12.7. The average molecular weight is 469 g/mol. The van der Waals surface area contributed by atoms with Crippen molar-refractivity contribution in [1.29, 1.82) is 0 Å². The second-order valence-electron chi connectivity index (χ2n) is 8.26. The molecule has 0 unspecified atom stereocenters. The largest absolute Gasteiger partial charge is 0.494 e. The topological polar surface area (TPSA) is 44.8 Å². The van der Waals surface area contributed by atoms with Crippen LogP contribution >= 0.6 is 7.60 Å². The van der Waals surface area contributed by atoms with E-state index in [2.05, 4.69) is 36.4 Å². The summed E-state index contributed by atoms with van der Waals surface area (Å²) in [6.07, 6.45) is 5.47. The maximum atomic E-state index is 13.5. The molecule has 0 aliphatic rings. The van der Waals surface area contributed by atoms with Crippen LogP contribution < -0.4 is 4.74 Å². The highest BCUT2D eigenvalue weighted by atomic mass is 31.2. The molecule has 3 aromatic rings. The van der Waals surface area contributed by atoms with Crippen LogP contribution in [0.1, 0.15) is 51.5 Å². The highest BCUT2D eigenvalue weighted by Gasteiger charge is 2.34. The van der Waals surface area contributed by atoms with E-state index >= 15 is 0 Å². The molecule has 3 rings (SSSR count). The number of fused-ring (bicyclic) bond motifs is 1. The van der Waals surface area contributed by atoms with Gasteiger partial charge in [-0.15, -0.1) is 0 Å². The third-order valence-corrected chi connectivity index (χ3v) is 8.49. The average Bonchev–Trinajstić information content (AvgIpc) is 2.84. The van der Waals surface area contributed by atoms with E-state index in [0.29, 0.717) is 19.8 Å². The van der Waals surface area contributed by atoms with Gasteiger partial charge < -0.3 is 13.8 Å². The smallest absolute Gasteiger partial charge is 0.333 e. The summed E-state index contributed by atoms with van der Waals surface area (Å²) in [5.74, 6) is 0.909. The van der Waals surface area contributed by atoms with Gasteiger partial charge in [0.2, 0.25) is 0 Å². The van der Waals surface area contributed by atoms with E-state index in [4.69, 9.17) is 13.8 Å². The SMILES string of the molecule is CCOP(=O)(OCC)[C@@H](CCCCCOc1ccc2ccccc2c1)CCc1ccccc1. The standard InChI is InChI=1S/C28H37O4P/c1-3-31-33(29,32-4-2)28(21-18-24-13-7-5-8-14-24)17-9-6-12-22-30-27-20-19-25-15-10-11-16-26(25)23-27/h5,7-8,10-11,13-16,19-20,23,28H,3-4,6,9,12,17-18,21-22H2,1-2H3/t28-/m0/s1. The van der Waals surface area contributed by atoms with Crippen LogP contribution in [0.5, 0.6) is 5.75 Å². The van der Waals surface area contributed by atoms with Gasteiger partial charge in [-0.05, 0) is 68.0 Å². The highest BCUT2D eigenvalue weighted by molar-refractivity contribution is 7.54. The number of aryl methyl sites for hydroxylation is 1. The lowest BCUT2D eigenvalue weighted by molar-refractivity contribution is 0.208. The third-order valence-electron chi connectivity index (χ3n) is 5.85. The molecule has 0 fully saturated rings. The van der Waals surface area contributed by atoms with Gasteiger partial charge in [-0.2, -0.15) is 0 Å². The molecular formula is C28H37O4P. The summed E-state index contributed by atoms with van der Waals surface area (Å²) in [4.78, 5) is 0. The van der Waals surface area contributed by atoms with Crippen molar-refractivity contribution in [3.63, 3.8) is 0 Å². The molecule has 0 heterocycles. The molecule has 0 aliphatic heterocycles. The minimum atomic E-state index is -3.12. The fourth-order valence-corrected chi connectivity index (χ4v) is 6.31. The first-order chi connectivity index (χ1) is 16.1. The van der Waals surface area contributed by atoms with E-state index in [0.717, 1.165) is 44.3 Å². The minimum absolute atomic E-state index is 0.0842. The van der Waals surface area contributed by atoms with Gasteiger partial charge in [0.15, 0.2) is 0 Å². The van der Waals surface area contributed by atoms with E-state index in [1.54, 1.807) is 0 Å². The molecular weight excluding hydrogens is 431 g/mol. The van der Waals surface area contributed by atoms with Crippen molar-refractivity contribution >= 4 is 18.4 Å². The van der Waals surface area contributed by atoms with Crippen molar-refractivity contribution in [3.05, 3.63) is 78.4 Å². The molecule has 0 saturated carbocycles. The Balaban J connectivity index is 1.48. The molecule has 0 N–H and O–H groups in total. The van der Waals surface area contributed by atoms with Crippen molar-refractivity contribution in [1.82, 2.24) is 0 Å². The Bertz CT molecular complexity index is 995. The van der Waals surface area contributed by atoms with Gasteiger partial charge in [-0.1, -0.05) is 73.5 Å². The van der Waals surface area contributed by atoms with Crippen molar-refractivity contribution in [3.8, 4) is 5.75 Å². The lowest BCUT2D eigenvalue weighted by atomic mass is 10.0. The molecule has 0 aromatic heterocycles. The summed E-state index contributed by atoms with van der Waals surface area (Å²) in [5, 5.41) is 2.42. The predicted molar refractivity (Wildman–Crippen MR) is 137 cm³/mol. The predicted octanol–water partition coefficient (Wildman–Crippen LogP) is 8.05. The first-order valence-corrected chi connectivity index (χ1v) is 13.8. The second kappa shape index (κ2) is 13.5. The van der Waals surface area contributed by atoms with Crippen LogP contribution in [-0.4, -0.2) is 25.5 Å². The fourth-order valence-electron chi connectivity index (χ4n) is 4.15. The van der Waals surface area contributed by atoms with Crippen molar-refractivity contribution in [2.24, 2.45) is 0 Å². The van der Waals surface area contributed by atoms with E-state index in [1.165, 1.54) is 16.3 Å². The van der Waals surface area contributed by atoms with Crippen molar-refractivity contribution in [2.45, 2.75) is 58.0 Å². The van der Waals surface area contributed by atoms with Crippen LogP contribution in [0.4, 0.5) is 0 Å². The second-order valence-corrected chi connectivity index (χ2v) is 10.6. The number of ether oxygens (including phenoxy) is 1. The van der Waals surface area contributed by atoms with E-state index in [9.17, 15) is 4.57 Å². The molecule has 0 bridgehead atoms. The summed E-state index contributed by atoms with van der Waals surface area (Å²) in [7, 11) is -3.12. The molecule has 0 radical (unpaired) electrons. The van der Waals surface area contributed by atoms with Gasteiger partial charge in [-0.25, -0.2) is 0 Å². The van der Waals surface area contributed by atoms with Crippen LogP contribution in [0.2, 0.25) is 0 Å². The Morgan fingerprint density at radius 2 is 1.45 bits per heavy atom. The minimum Gasteiger partial charge on any atom is -0.494 e. The molecule has 1 atom stereocenters. The zero-order valence-corrected chi connectivity index (χ0v) is 20.8. The number of benzene rings is 3. The molecule has 33 heavy (non-hydrogen) atoms. The number of unbranched alkanes of at least 4 members (excludes halogenated alkanes) is 2. The third kappa shape index (κ3) is 7.99. The summed E-state index contributed by atoms with van der Waals surface area (Å²) < 4.78 is 30.8. The first-order valence-electron chi connectivity index (χ1n) is 12.2. The quantitative estimate of drug-likeness (QED) is 0.167. The summed E-state index contributed by atoms with van der Waals surface area (Å²) in [5.41, 5.74) is 1.17.